The summed E-state index contributed by atoms with van der Waals surface area (Å²) in [6, 6.07) is 17.1. The molecule has 0 fully saturated rings. The molecule has 0 saturated heterocycles. The van der Waals surface area contributed by atoms with E-state index in [1.54, 1.807) is 6.33 Å². The molecule has 0 saturated carbocycles. The molecule has 1 aromatic heterocycles. The molecule has 6 heteroatoms. The van der Waals surface area contributed by atoms with Gasteiger partial charge in [-0.15, -0.1) is 0 Å². The molecule has 0 bridgehead atoms. The second-order valence-corrected chi connectivity index (χ2v) is 8.91. The summed E-state index contributed by atoms with van der Waals surface area (Å²) in [6.45, 7) is 0. The number of halogens is 2. The minimum atomic E-state index is 0.0791. The predicted molar refractivity (Wildman–Crippen MR) is 119 cm³/mol. The Morgan fingerprint density at radius 3 is 2.43 bits per heavy atom. The summed E-state index contributed by atoms with van der Waals surface area (Å²) in [7, 11) is 0. The fraction of sp³-hybridized carbons (Fsp3) is 0.182. The van der Waals surface area contributed by atoms with Gasteiger partial charge in [0.2, 0.25) is 5.95 Å². The van der Waals surface area contributed by atoms with Gasteiger partial charge in [0, 0.05) is 14.6 Å². The minimum absolute atomic E-state index is 0.0791. The summed E-state index contributed by atoms with van der Waals surface area (Å²) < 4.78 is 4.18. The summed E-state index contributed by atoms with van der Waals surface area (Å²) >= 11 is 7.06. The monoisotopic (exact) mass is 496 g/mol. The number of allylic oxidation sites excluding steroid dienone is 2. The number of benzene rings is 2. The van der Waals surface area contributed by atoms with Gasteiger partial charge in [0.1, 0.15) is 12.4 Å². The van der Waals surface area contributed by atoms with Crippen molar-refractivity contribution in [2.45, 2.75) is 25.3 Å². The molecule has 28 heavy (non-hydrogen) atoms. The van der Waals surface area contributed by atoms with Crippen molar-refractivity contribution in [3.05, 3.63) is 91.8 Å². The first-order chi connectivity index (χ1) is 13.7. The van der Waals surface area contributed by atoms with Crippen molar-refractivity contribution in [1.29, 1.82) is 0 Å². The fourth-order valence-electron chi connectivity index (χ4n) is 4.04. The zero-order valence-electron chi connectivity index (χ0n) is 15.1. The van der Waals surface area contributed by atoms with E-state index in [0.717, 1.165) is 34.2 Å². The highest BCUT2D eigenvalue weighted by Gasteiger charge is 2.33. The topological polar surface area (TPSA) is 42.7 Å². The van der Waals surface area contributed by atoms with E-state index in [1.165, 1.54) is 28.0 Å². The van der Waals surface area contributed by atoms with Crippen LogP contribution in [0, 0.1) is 0 Å². The second-order valence-electron chi connectivity index (χ2n) is 7.08. The number of aromatic nitrogens is 3. The van der Waals surface area contributed by atoms with E-state index in [2.05, 4.69) is 102 Å². The summed E-state index contributed by atoms with van der Waals surface area (Å²) in [4.78, 5) is 4.46. The molecule has 0 radical (unpaired) electrons. The lowest BCUT2D eigenvalue weighted by Gasteiger charge is -2.34. The average Bonchev–Trinajstić information content (AvgIpc) is 3.17. The van der Waals surface area contributed by atoms with Gasteiger partial charge >= 0.3 is 0 Å². The van der Waals surface area contributed by atoms with Gasteiger partial charge in [-0.2, -0.15) is 10.1 Å². The Bertz CT molecular complexity index is 1080. The third-order valence-electron chi connectivity index (χ3n) is 5.32. The number of rotatable bonds is 2. The Labute approximate surface area is 180 Å². The van der Waals surface area contributed by atoms with Crippen molar-refractivity contribution < 1.29 is 0 Å². The standard InChI is InChI=1S/C22H18Br2N4/c23-17-8-4-14(5-9-17)12-16-2-1-3-19-20(16)27-22-25-13-26-28(22)21(19)15-6-10-18(24)11-7-15/h4-13,21H,1-3H2,(H,25,26,27)/b16-12-/t21-/m0/s1. The fourth-order valence-corrected chi connectivity index (χ4v) is 4.57. The molecule has 0 amide bonds. The van der Waals surface area contributed by atoms with Crippen LogP contribution in [-0.4, -0.2) is 14.8 Å². The van der Waals surface area contributed by atoms with Crippen molar-refractivity contribution in [1.82, 2.24) is 14.8 Å². The van der Waals surface area contributed by atoms with Crippen LogP contribution in [0.5, 0.6) is 0 Å². The van der Waals surface area contributed by atoms with Crippen LogP contribution in [0.15, 0.2) is 80.6 Å². The highest BCUT2D eigenvalue weighted by Crippen LogP contribution is 2.43. The molecule has 2 aromatic carbocycles. The first-order valence-electron chi connectivity index (χ1n) is 9.30. The zero-order chi connectivity index (χ0) is 19.1. The van der Waals surface area contributed by atoms with Gasteiger partial charge in [0.25, 0.3) is 0 Å². The van der Waals surface area contributed by atoms with Crippen LogP contribution in [0.1, 0.15) is 36.4 Å². The molecule has 1 aliphatic heterocycles. The van der Waals surface area contributed by atoms with E-state index in [0.29, 0.717) is 0 Å². The minimum Gasteiger partial charge on any atom is -0.324 e. The van der Waals surface area contributed by atoms with E-state index >= 15 is 0 Å². The van der Waals surface area contributed by atoms with Gasteiger partial charge < -0.3 is 5.32 Å². The lowest BCUT2D eigenvalue weighted by atomic mass is 9.83. The molecule has 140 valence electrons. The average molecular weight is 498 g/mol. The van der Waals surface area contributed by atoms with Crippen LogP contribution in [-0.2, 0) is 0 Å². The molecule has 0 unspecified atom stereocenters. The van der Waals surface area contributed by atoms with E-state index in [4.69, 9.17) is 0 Å². The number of hydrogen-bond acceptors (Lipinski definition) is 3. The van der Waals surface area contributed by atoms with E-state index < -0.39 is 0 Å². The number of fused-ring (bicyclic) bond motifs is 1. The zero-order valence-corrected chi connectivity index (χ0v) is 18.2. The summed E-state index contributed by atoms with van der Waals surface area (Å²) in [6.07, 6.45) is 7.17. The molecular formula is C22H18Br2N4. The SMILES string of the molecule is Brc1ccc(/C=C2/CCCC3=C2Nc2ncnn2[C@H]3c2ccc(Br)cc2)cc1. The summed E-state index contributed by atoms with van der Waals surface area (Å²) in [5.41, 5.74) is 6.37. The molecule has 1 N–H and O–H groups in total. The van der Waals surface area contributed by atoms with Gasteiger partial charge in [0.05, 0.1) is 0 Å². The first kappa shape index (κ1) is 17.9. The van der Waals surface area contributed by atoms with Gasteiger partial charge in [-0.1, -0.05) is 56.1 Å². The first-order valence-corrected chi connectivity index (χ1v) is 10.9. The highest BCUT2D eigenvalue weighted by molar-refractivity contribution is 9.10. The van der Waals surface area contributed by atoms with Crippen molar-refractivity contribution in [2.24, 2.45) is 0 Å². The Hall–Kier alpha value is -2.18. The molecule has 5 rings (SSSR count). The lowest BCUT2D eigenvalue weighted by molar-refractivity contribution is 0.538. The van der Waals surface area contributed by atoms with Crippen molar-refractivity contribution in [3.8, 4) is 0 Å². The molecule has 2 heterocycles. The van der Waals surface area contributed by atoms with Crippen molar-refractivity contribution in [3.63, 3.8) is 0 Å². The predicted octanol–water partition coefficient (Wildman–Crippen LogP) is 6.34. The molecule has 0 spiro atoms. The quantitative estimate of drug-likeness (QED) is 0.449. The molecule has 1 aliphatic carbocycles. The normalized spacial score (nSPS) is 19.9. The Morgan fingerprint density at radius 1 is 0.964 bits per heavy atom. The third-order valence-corrected chi connectivity index (χ3v) is 6.37. The second kappa shape index (κ2) is 7.33. The smallest absolute Gasteiger partial charge is 0.226 e. The maximum atomic E-state index is 4.52. The summed E-state index contributed by atoms with van der Waals surface area (Å²) in [5.74, 6) is 0.801. The van der Waals surface area contributed by atoms with Crippen LogP contribution in [0.4, 0.5) is 5.95 Å². The lowest BCUT2D eigenvalue weighted by Crippen LogP contribution is -2.28. The molecule has 4 nitrogen and oxygen atoms in total. The largest absolute Gasteiger partial charge is 0.324 e. The maximum Gasteiger partial charge on any atom is 0.226 e. The molecule has 1 atom stereocenters. The van der Waals surface area contributed by atoms with Gasteiger partial charge in [0.15, 0.2) is 0 Å². The van der Waals surface area contributed by atoms with Crippen LogP contribution in [0.25, 0.3) is 6.08 Å². The van der Waals surface area contributed by atoms with E-state index in [1.807, 2.05) is 4.68 Å². The molecular weight excluding hydrogens is 480 g/mol. The van der Waals surface area contributed by atoms with Crippen molar-refractivity contribution >= 4 is 43.9 Å². The highest BCUT2D eigenvalue weighted by atomic mass is 79.9. The number of anilines is 1. The Kier molecular flexibility index (Phi) is 4.69. The number of nitrogens with one attached hydrogen (secondary N) is 1. The van der Waals surface area contributed by atoms with Crippen molar-refractivity contribution in [2.75, 3.05) is 5.32 Å². The molecule has 2 aliphatic rings. The third kappa shape index (κ3) is 3.25. The van der Waals surface area contributed by atoms with Gasteiger partial charge in [-0.25, -0.2) is 4.68 Å². The van der Waals surface area contributed by atoms with Crippen LogP contribution < -0.4 is 5.32 Å². The van der Waals surface area contributed by atoms with E-state index in [9.17, 15) is 0 Å². The van der Waals surface area contributed by atoms with E-state index in [-0.39, 0.29) is 6.04 Å². The Balaban J connectivity index is 1.63. The maximum absolute atomic E-state index is 4.52. The van der Waals surface area contributed by atoms with Crippen LogP contribution in [0.2, 0.25) is 0 Å². The molecule has 3 aromatic rings. The van der Waals surface area contributed by atoms with Crippen LogP contribution >= 0.6 is 31.9 Å². The van der Waals surface area contributed by atoms with Gasteiger partial charge in [-0.05, 0) is 71.9 Å². The van der Waals surface area contributed by atoms with Gasteiger partial charge in [-0.3, -0.25) is 0 Å². The number of hydrogen-bond donors (Lipinski definition) is 1. The Morgan fingerprint density at radius 2 is 1.68 bits per heavy atom. The number of nitrogens with zero attached hydrogens (tertiary/aromatic N) is 3. The summed E-state index contributed by atoms with van der Waals surface area (Å²) in [5, 5.41) is 8.07. The van der Waals surface area contributed by atoms with Crippen LogP contribution in [0.3, 0.4) is 0 Å².